The number of carboxylic acids is 1. The fourth-order valence-electron chi connectivity index (χ4n) is 1.62. The molecule has 8 heteroatoms. The third kappa shape index (κ3) is 7.62. The molecule has 3 atom stereocenters. The van der Waals surface area contributed by atoms with E-state index in [1.165, 1.54) is 0 Å². The number of nitrogens with two attached hydrogens (primary N) is 2. The molecule has 0 aliphatic rings. The molecule has 2 amide bonds. The molecule has 0 aromatic carbocycles. The summed E-state index contributed by atoms with van der Waals surface area (Å²) in [4.78, 5) is 34.3. The van der Waals surface area contributed by atoms with E-state index in [9.17, 15) is 14.4 Å². The zero-order chi connectivity index (χ0) is 16.4. The molecule has 122 valence electrons. The number of carbonyl (C=O) groups excluding carboxylic acids is 2. The Morgan fingerprint density at radius 1 is 1.29 bits per heavy atom. The topological polar surface area (TPSA) is 148 Å². The van der Waals surface area contributed by atoms with Gasteiger partial charge in [0, 0.05) is 0 Å². The van der Waals surface area contributed by atoms with Gasteiger partial charge in [-0.1, -0.05) is 20.3 Å². The van der Waals surface area contributed by atoms with E-state index in [1.54, 1.807) is 0 Å². The number of amides is 2. The molecule has 0 aromatic heterocycles. The summed E-state index contributed by atoms with van der Waals surface area (Å²) in [6.07, 6.45) is 1.49. The molecule has 0 aliphatic carbocycles. The largest absolute Gasteiger partial charge is 0.480 e. The molecule has 0 fully saturated rings. The smallest absolute Gasteiger partial charge is 0.326 e. The van der Waals surface area contributed by atoms with Crippen LogP contribution in [0.2, 0.25) is 0 Å². The Hall–Kier alpha value is -1.67. The van der Waals surface area contributed by atoms with Crippen molar-refractivity contribution < 1.29 is 19.5 Å². The highest BCUT2D eigenvalue weighted by Gasteiger charge is 2.22. The van der Waals surface area contributed by atoms with E-state index >= 15 is 0 Å². The van der Waals surface area contributed by atoms with Crippen molar-refractivity contribution in [3.63, 3.8) is 0 Å². The van der Waals surface area contributed by atoms with Gasteiger partial charge < -0.3 is 27.2 Å². The van der Waals surface area contributed by atoms with Crippen LogP contribution in [0.5, 0.6) is 0 Å². The predicted molar refractivity (Wildman–Crippen MR) is 78.3 cm³/mol. The molecule has 0 bridgehead atoms. The van der Waals surface area contributed by atoms with Crippen molar-refractivity contribution in [1.29, 1.82) is 0 Å². The molecule has 7 N–H and O–H groups in total. The maximum Gasteiger partial charge on any atom is 0.326 e. The summed E-state index contributed by atoms with van der Waals surface area (Å²) in [6.45, 7) is 3.81. The second-order valence-corrected chi connectivity index (χ2v) is 5.02. The van der Waals surface area contributed by atoms with E-state index in [0.717, 1.165) is 6.42 Å². The first-order valence-electron chi connectivity index (χ1n) is 7.08. The van der Waals surface area contributed by atoms with Crippen LogP contribution in [0.4, 0.5) is 0 Å². The second-order valence-electron chi connectivity index (χ2n) is 5.02. The summed E-state index contributed by atoms with van der Waals surface area (Å²) in [5, 5.41) is 13.7. The number of carboxylic acid groups (broad SMARTS) is 1. The lowest BCUT2D eigenvalue weighted by Gasteiger charge is -2.18. The number of hydrogen-bond acceptors (Lipinski definition) is 5. The average molecular weight is 302 g/mol. The van der Waals surface area contributed by atoms with Gasteiger partial charge in [-0.15, -0.1) is 0 Å². The molecule has 0 unspecified atom stereocenters. The molecule has 0 saturated carbocycles. The lowest BCUT2D eigenvalue weighted by molar-refractivity contribution is -0.142. The van der Waals surface area contributed by atoms with Crippen LogP contribution in [0.25, 0.3) is 0 Å². The second kappa shape index (κ2) is 10.1. The minimum atomic E-state index is -1.13. The van der Waals surface area contributed by atoms with Gasteiger partial charge in [0.15, 0.2) is 0 Å². The summed E-state index contributed by atoms with van der Waals surface area (Å²) in [5.41, 5.74) is 11.0. The van der Waals surface area contributed by atoms with Crippen LogP contribution in [0.15, 0.2) is 0 Å². The lowest BCUT2D eigenvalue weighted by atomic mass is 9.99. The molecule has 0 rings (SSSR count). The Morgan fingerprint density at radius 3 is 2.38 bits per heavy atom. The van der Waals surface area contributed by atoms with Gasteiger partial charge in [0.25, 0.3) is 0 Å². The normalized spacial score (nSPS) is 14.9. The van der Waals surface area contributed by atoms with Crippen LogP contribution >= 0.6 is 0 Å². The summed E-state index contributed by atoms with van der Waals surface area (Å²) in [6, 6.07) is -1.68. The number of nitrogens with one attached hydrogen (secondary N) is 2. The van der Waals surface area contributed by atoms with Gasteiger partial charge in [-0.3, -0.25) is 9.59 Å². The summed E-state index contributed by atoms with van der Waals surface area (Å²) in [5.74, 6) is -2.11. The van der Waals surface area contributed by atoms with Crippen molar-refractivity contribution >= 4 is 17.8 Å². The van der Waals surface area contributed by atoms with Crippen LogP contribution in [0, 0.1) is 5.92 Å². The van der Waals surface area contributed by atoms with E-state index in [4.69, 9.17) is 16.6 Å². The van der Waals surface area contributed by atoms with Crippen LogP contribution < -0.4 is 22.1 Å². The van der Waals surface area contributed by atoms with Crippen molar-refractivity contribution in [2.24, 2.45) is 17.4 Å². The van der Waals surface area contributed by atoms with Crippen LogP contribution in [-0.2, 0) is 14.4 Å². The summed E-state index contributed by atoms with van der Waals surface area (Å²) < 4.78 is 0. The monoisotopic (exact) mass is 302 g/mol. The predicted octanol–water partition coefficient (Wildman–Crippen LogP) is -1.22. The zero-order valence-corrected chi connectivity index (χ0v) is 12.6. The van der Waals surface area contributed by atoms with Gasteiger partial charge in [-0.05, 0) is 25.3 Å². The van der Waals surface area contributed by atoms with Gasteiger partial charge in [0.2, 0.25) is 11.8 Å². The number of hydrogen-bond donors (Lipinski definition) is 5. The maximum absolute atomic E-state index is 11.7. The van der Waals surface area contributed by atoms with E-state index in [2.05, 4.69) is 10.6 Å². The minimum Gasteiger partial charge on any atom is -0.480 e. The van der Waals surface area contributed by atoms with Crippen molar-refractivity contribution in [2.45, 2.75) is 45.2 Å². The highest BCUT2D eigenvalue weighted by Crippen LogP contribution is 2.04. The van der Waals surface area contributed by atoms with Crippen LogP contribution in [-0.4, -0.2) is 48.1 Å². The van der Waals surface area contributed by atoms with Crippen molar-refractivity contribution in [1.82, 2.24) is 10.6 Å². The van der Waals surface area contributed by atoms with Crippen LogP contribution in [0.3, 0.4) is 0 Å². The summed E-state index contributed by atoms with van der Waals surface area (Å²) >= 11 is 0. The first-order valence-corrected chi connectivity index (χ1v) is 7.08. The third-order valence-electron chi connectivity index (χ3n) is 3.31. The van der Waals surface area contributed by atoms with Crippen molar-refractivity contribution in [3.8, 4) is 0 Å². The molecule has 0 spiro atoms. The van der Waals surface area contributed by atoms with Gasteiger partial charge in [0.05, 0.1) is 12.6 Å². The number of rotatable bonds is 10. The SMILES string of the molecule is CC[C@H](C)[C@H](N)C(=O)NCC(=O)N[C@@H](CCCN)C(=O)O. The Kier molecular flexibility index (Phi) is 9.31. The van der Waals surface area contributed by atoms with E-state index in [0.29, 0.717) is 13.0 Å². The van der Waals surface area contributed by atoms with Gasteiger partial charge in [-0.2, -0.15) is 0 Å². The molecule has 0 saturated heterocycles. The summed E-state index contributed by atoms with van der Waals surface area (Å²) in [7, 11) is 0. The Balaban J connectivity index is 4.24. The molecule has 0 heterocycles. The first kappa shape index (κ1) is 19.3. The highest BCUT2D eigenvalue weighted by molar-refractivity contribution is 5.89. The first-order chi connectivity index (χ1) is 9.83. The highest BCUT2D eigenvalue weighted by atomic mass is 16.4. The minimum absolute atomic E-state index is 0.00406. The van der Waals surface area contributed by atoms with Gasteiger partial charge in [0.1, 0.15) is 6.04 Å². The van der Waals surface area contributed by atoms with Crippen molar-refractivity contribution in [3.05, 3.63) is 0 Å². The lowest BCUT2D eigenvalue weighted by Crippen LogP contribution is -2.50. The fraction of sp³-hybridized carbons (Fsp3) is 0.769. The van der Waals surface area contributed by atoms with Gasteiger partial charge in [-0.25, -0.2) is 4.79 Å². The van der Waals surface area contributed by atoms with Crippen molar-refractivity contribution in [2.75, 3.05) is 13.1 Å². The molecule has 8 nitrogen and oxygen atoms in total. The molecule has 0 aliphatic heterocycles. The third-order valence-corrected chi connectivity index (χ3v) is 3.31. The van der Waals surface area contributed by atoms with E-state index in [1.807, 2.05) is 13.8 Å². The quantitative estimate of drug-likeness (QED) is 0.342. The maximum atomic E-state index is 11.7. The molecular formula is C13H26N4O4. The Morgan fingerprint density at radius 2 is 1.90 bits per heavy atom. The number of carbonyl (C=O) groups is 3. The van der Waals surface area contributed by atoms with Gasteiger partial charge >= 0.3 is 5.97 Å². The average Bonchev–Trinajstić information content (AvgIpc) is 2.46. The molecule has 0 aromatic rings. The van der Waals surface area contributed by atoms with Crippen LogP contribution in [0.1, 0.15) is 33.1 Å². The fourth-order valence-corrected chi connectivity index (χ4v) is 1.62. The zero-order valence-electron chi connectivity index (χ0n) is 12.6. The molecule has 21 heavy (non-hydrogen) atoms. The van der Waals surface area contributed by atoms with E-state index < -0.39 is 29.9 Å². The molecular weight excluding hydrogens is 276 g/mol. The Labute approximate surface area is 124 Å². The molecule has 0 radical (unpaired) electrons. The van der Waals surface area contributed by atoms with E-state index in [-0.39, 0.29) is 18.9 Å². The standard InChI is InChI=1S/C13H26N4O4/c1-3-8(2)11(15)12(19)16-7-10(18)17-9(13(20)21)5-4-6-14/h8-9,11H,3-7,14-15H2,1-2H3,(H,16,19)(H,17,18)(H,20,21)/t8-,9-,11-/m0/s1. The Bertz CT molecular complexity index is 362. The number of aliphatic carboxylic acids is 1.